The number of carbonyl (C=O) groups is 1. The van der Waals surface area contributed by atoms with Crippen molar-refractivity contribution in [1.29, 1.82) is 0 Å². The van der Waals surface area contributed by atoms with Crippen molar-refractivity contribution in [1.82, 2.24) is 0 Å². The zero-order valence-corrected chi connectivity index (χ0v) is 14.8. The van der Waals surface area contributed by atoms with Crippen molar-refractivity contribution in [3.8, 4) is 5.75 Å². The van der Waals surface area contributed by atoms with Gasteiger partial charge >= 0.3 is 5.97 Å². The number of benzene rings is 2. The van der Waals surface area contributed by atoms with Crippen molar-refractivity contribution in [2.45, 2.75) is 31.7 Å². The SMILES string of the molecule is CCCOc1ccc([C@@H]2Nc3ccc(C(=O)O)cc3[C@@H]3C=CC[C@@H]32)cc1. The maximum absolute atomic E-state index is 11.3. The van der Waals surface area contributed by atoms with Gasteiger partial charge < -0.3 is 15.2 Å². The average molecular weight is 349 g/mol. The molecule has 0 aromatic heterocycles. The Kier molecular flexibility index (Phi) is 4.41. The second-order valence-corrected chi connectivity index (χ2v) is 7.00. The fourth-order valence-electron chi connectivity index (χ4n) is 4.05. The van der Waals surface area contributed by atoms with E-state index in [0.717, 1.165) is 36.4 Å². The van der Waals surface area contributed by atoms with Crippen LogP contribution in [0.3, 0.4) is 0 Å². The molecule has 0 saturated heterocycles. The molecular weight excluding hydrogens is 326 g/mol. The molecule has 1 aliphatic carbocycles. The lowest BCUT2D eigenvalue weighted by atomic mass is 9.76. The Labute approximate surface area is 153 Å². The van der Waals surface area contributed by atoms with Crippen LogP contribution in [0.5, 0.6) is 5.75 Å². The number of nitrogens with one attached hydrogen (secondary N) is 1. The molecule has 4 rings (SSSR count). The van der Waals surface area contributed by atoms with Crippen LogP contribution in [0.25, 0.3) is 0 Å². The Hall–Kier alpha value is -2.75. The van der Waals surface area contributed by atoms with Crippen LogP contribution in [0.4, 0.5) is 5.69 Å². The number of aromatic carboxylic acids is 1. The molecule has 4 heteroatoms. The van der Waals surface area contributed by atoms with Gasteiger partial charge in [0, 0.05) is 11.6 Å². The molecule has 2 aliphatic rings. The predicted molar refractivity (Wildman–Crippen MR) is 102 cm³/mol. The Morgan fingerprint density at radius 3 is 2.77 bits per heavy atom. The summed E-state index contributed by atoms with van der Waals surface area (Å²) in [6.45, 7) is 2.83. The van der Waals surface area contributed by atoms with Crippen molar-refractivity contribution in [3.05, 3.63) is 71.3 Å². The molecule has 0 bridgehead atoms. The smallest absolute Gasteiger partial charge is 0.335 e. The van der Waals surface area contributed by atoms with Gasteiger partial charge in [-0.3, -0.25) is 0 Å². The number of hydrogen-bond donors (Lipinski definition) is 2. The normalized spacial score (nSPS) is 23.0. The van der Waals surface area contributed by atoms with Crippen LogP contribution in [0.15, 0.2) is 54.6 Å². The number of allylic oxidation sites excluding steroid dienone is 2. The molecule has 2 aromatic rings. The summed E-state index contributed by atoms with van der Waals surface area (Å²) in [4.78, 5) is 11.3. The van der Waals surface area contributed by atoms with Gasteiger partial charge in [0.15, 0.2) is 0 Å². The minimum Gasteiger partial charge on any atom is -0.494 e. The summed E-state index contributed by atoms with van der Waals surface area (Å²) in [7, 11) is 0. The first kappa shape index (κ1) is 16.7. The lowest BCUT2D eigenvalue weighted by Crippen LogP contribution is -2.29. The molecule has 2 aromatic carbocycles. The van der Waals surface area contributed by atoms with Gasteiger partial charge in [0.1, 0.15) is 5.75 Å². The van der Waals surface area contributed by atoms with Gasteiger partial charge in [0.25, 0.3) is 0 Å². The first-order valence-electron chi connectivity index (χ1n) is 9.20. The van der Waals surface area contributed by atoms with E-state index in [1.807, 2.05) is 24.3 Å². The fourth-order valence-corrected chi connectivity index (χ4v) is 4.05. The van der Waals surface area contributed by atoms with Crippen LogP contribution in [0.1, 0.15) is 53.2 Å². The van der Waals surface area contributed by atoms with Gasteiger partial charge in [-0.2, -0.15) is 0 Å². The molecule has 0 radical (unpaired) electrons. The minimum atomic E-state index is -0.879. The molecule has 1 heterocycles. The van der Waals surface area contributed by atoms with Crippen LogP contribution in [0.2, 0.25) is 0 Å². The van der Waals surface area contributed by atoms with Gasteiger partial charge in [0.05, 0.1) is 18.2 Å². The van der Waals surface area contributed by atoms with Gasteiger partial charge in [-0.15, -0.1) is 0 Å². The molecule has 0 fully saturated rings. The average Bonchev–Trinajstić information content (AvgIpc) is 3.16. The Bertz CT molecular complexity index is 841. The molecule has 0 saturated carbocycles. The molecule has 3 atom stereocenters. The predicted octanol–water partition coefficient (Wildman–Crippen LogP) is 5.00. The second kappa shape index (κ2) is 6.87. The van der Waals surface area contributed by atoms with E-state index in [-0.39, 0.29) is 12.0 Å². The number of hydrogen-bond acceptors (Lipinski definition) is 3. The molecule has 2 N–H and O–H groups in total. The van der Waals surface area contributed by atoms with Gasteiger partial charge in [-0.05, 0) is 60.2 Å². The van der Waals surface area contributed by atoms with Crippen LogP contribution >= 0.6 is 0 Å². The third kappa shape index (κ3) is 2.96. The Morgan fingerprint density at radius 1 is 1.23 bits per heavy atom. The zero-order valence-electron chi connectivity index (χ0n) is 14.8. The molecule has 0 unspecified atom stereocenters. The minimum absolute atomic E-state index is 0.207. The summed E-state index contributed by atoms with van der Waals surface area (Å²) in [6.07, 6.45) is 6.43. The van der Waals surface area contributed by atoms with E-state index in [1.54, 1.807) is 6.07 Å². The van der Waals surface area contributed by atoms with E-state index in [2.05, 4.69) is 36.5 Å². The van der Waals surface area contributed by atoms with Crippen molar-refractivity contribution >= 4 is 11.7 Å². The van der Waals surface area contributed by atoms with E-state index in [4.69, 9.17) is 4.74 Å². The molecule has 26 heavy (non-hydrogen) atoms. The van der Waals surface area contributed by atoms with E-state index in [1.165, 1.54) is 5.56 Å². The number of carboxylic acids is 1. The molecule has 134 valence electrons. The highest BCUT2D eigenvalue weighted by atomic mass is 16.5. The summed E-state index contributed by atoms with van der Waals surface area (Å²) in [5, 5.41) is 12.9. The molecule has 0 amide bonds. The number of fused-ring (bicyclic) bond motifs is 3. The highest BCUT2D eigenvalue weighted by Gasteiger charge is 2.38. The topological polar surface area (TPSA) is 58.6 Å². The number of rotatable bonds is 5. The quantitative estimate of drug-likeness (QED) is 0.746. The van der Waals surface area contributed by atoms with E-state index in [9.17, 15) is 9.90 Å². The summed E-state index contributed by atoms with van der Waals surface area (Å²) in [6, 6.07) is 13.9. The van der Waals surface area contributed by atoms with Crippen LogP contribution < -0.4 is 10.1 Å². The first-order valence-corrected chi connectivity index (χ1v) is 9.20. The molecule has 1 aliphatic heterocycles. The number of carboxylic acid groups (broad SMARTS) is 1. The third-order valence-electron chi connectivity index (χ3n) is 5.32. The third-order valence-corrected chi connectivity index (χ3v) is 5.32. The number of anilines is 1. The van der Waals surface area contributed by atoms with E-state index < -0.39 is 5.97 Å². The Balaban J connectivity index is 1.64. The lowest BCUT2D eigenvalue weighted by molar-refractivity contribution is 0.0696. The van der Waals surface area contributed by atoms with Gasteiger partial charge in [-0.25, -0.2) is 4.79 Å². The van der Waals surface area contributed by atoms with Crippen molar-refractivity contribution in [2.75, 3.05) is 11.9 Å². The van der Waals surface area contributed by atoms with Gasteiger partial charge in [-0.1, -0.05) is 31.2 Å². The summed E-state index contributed by atoms with van der Waals surface area (Å²) in [5.41, 5.74) is 3.70. The maximum atomic E-state index is 11.3. The van der Waals surface area contributed by atoms with Gasteiger partial charge in [0.2, 0.25) is 0 Å². The standard InChI is InChI=1S/C22H23NO3/c1-2-12-26-16-9-6-14(7-10-16)21-18-5-3-4-17(18)19-13-15(22(24)25)8-11-20(19)23-21/h3-4,6-11,13,17-18,21,23H,2,5,12H2,1H3,(H,24,25)/t17-,18+,21+/m1/s1. The fraction of sp³-hybridized carbons (Fsp3) is 0.318. The largest absolute Gasteiger partial charge is 0.494 e. The number of ether oxygens (including phenoxy) is 1. The summed E-state index contributed by atoms with van der Waals surface area (Å²) >= 11 is 0. The maximum Gasteiger partial charge on any atom is 0.335 e. The lowest BCUT2D eigenvalue weighted by Gasteiger charge is -2.37. The van der Waals surface area contributed by atoms with Crippen molar-refractivity contribution < 1.29 is 14.6 Å². The summed E-state index contributed by atoms with van der Waals surface area (Å²) in [5.74, 6) is 0.677. The highest BCUT2D eigenvalue weighted by molar-refractivity contribution is 5.89. The second-order valence-electron chi connectivity index (χ2n) is 7.00. The molecule has 4 nitrogen and oxygen atoms in total. The van der Waals surface area contributed by atoms with Crippen LogP contribution in [-0.4, -0.2) is 17.7 Å². The van der Waals surface area contributed by atoms with Crippen molar-refractivity contribution in [3.63, 3.8) is 0 Å². The first-order chi connectivity index (χ1) is 12.7. The van der Waals surface area contributed by atoms with E-state index >= 15 is 0 Å². The summed E-state index contributed by atoms with van der Waals surface area (Å²) < 4.78 is 5.69. The van der Waals surface area contributed by atoms with Crippen molar-refractivity contribution in [2.24, 2.45) is 5.92 Å². The van der Waals surface area contributed by atoms with Crippen LogP contribution in [-0.2, 0) is 0 Å². The van der Waals surface area contributed by atoms with Crippen LogP contribution in [0, 0.1) is 5.92 Å². The molecular formula is C22H23NO3. The molecule has 0 spiro atoms. The Morgan fingerprint density at radius 2 is 2.04 bits per heavy atom. The monoisotopic (exact) mass is 349 g/mol. The zero-order chi connectivity index (χ0) is 18.1. The van der Waals surface area contributed by atoms with E-state index in [0.29, 0.717) is 11.5 Å². The highest BCUT2D eigenvalue weighted by Crippen LogP contribution is 2.50.